The second-order valence-electron chi connectivity index (χ2n) is 4.28. The standard InChI is InChI=1S/C14H11ClF4N2/c1-2-20-13-7-9(14(17,18)19)6-12(21-13)8-3-4-11(16)10(15)5-8/h3-7H,2H2,1H3,(H,20,21). The molecule has 0 saturated carbocycles. The topological polar surface area (TPSA) is 24.9 Å². The number of anilines is 1. The molecule has 0 aliphatic heterocycles. The molecule has 0 radical (unpaired) electrons. The molecule has 0 fully saturated rings. The number of aromatic nitrogens is 1. The highest BCUT2D eigenvalue weighted by molar-refractivity contribution is 6.31. The molecule has 2 rings (SSSR count). The first kappa shape index (κ1) is 15.6. The van der Waals surface area contributed by atoms with E-state index >= 15 is 0 Å². The molecule has 0 spiro atoms. The Morgan fingerprint density at radius 1 is 1.19 bits per heavy atom. The van der Waals surface area contributed by atoms with Gasteiger partial charge < -0.3 is 5.32 Å². The number of alkyl halides is 3. The van der Waals surface area contributed by atoms with Crippen molar-refractivity contribution >= 4 is 17.4 Å². The van der Waals surface area contributed by atoms with Crippen LogP contribution in [0.25, 0.3) is 11.3 Å². The van der Waals surface area contributed by atoms with Crippen molar-refractivity contribution in [1.29, 1.82) is 0 Å². The summed E-state index contributed by atoms with van der Waals surface area (Å²) in [6.07, 6.45) is -4.49. The van der Waals surface area contributed by atoms with Crippen LogP contribution in [0.1, 0.15) is 12.5 Å². The smallest absolute Gasteiger partial charge is 0.370 e. The van der Waals surface area contributed by atoms with E-state index in [1.165, 1.54) is 12.1 Å². The summed E-state index contributed by atoms with van der Waals surface area (Å²) < 4.78 is 51.9. The maximum Gasteiger partial charge on any atom is 0.416 e. The van der Waals surface area contributed by atoms with Crippen molar-refractivity contribution < 1.29 is 17.6 Å². The third-order valence-electron chi connectivity index (χ3n) is 2.73. The van der Waals surface area contributed by atoms with Gasteiger partial charge in [0.2, 0.25) is 0 Å². The highest BCUT2D eigenvalue weighted by Gasteiger charge is 2.31. The van der Waals surface area contributed by atoms with E-state index < -0.39 is 17.6 Å². The summed E-state index contributed by atoms with van der Waals surface area (Å²) in [7, 11) is 0. The Morgan fingerprint density at radius 3 is 2.48 bits per heavy atom. The fourth-order valence-electron chi connectivity index (χ4n) is 1.77. The lowest BCUT2D eigenvalue weighted by atomic mass is 10.1. The molecule has 0 aliphatic carbocycles. The first-order valence-electron chi connectivity index (χ1n) is 6.10. The fraction of sp³-hybridized carbons (Fsp3) is 0.214. The molecule has 112 valence electrons. The second-order valence-corrected chi connectivity index (χ2v) is 4.69. The number of nitrogens with zero attached hydrogens (tertiary/aromatic N) is 1. The number of benzene rings is 1. The van der Waals surface area contributed by atoms with Gasteiger partial charge in [0.25, 0.3) is 0 Å². The largest absolute Gasteiger partial charge is 0.416 e. The molecule has 2 aromatic rings. The summed E-state index contributed by atoms with van der Waals surface area (Å²) in [4.78, 5) is 4.09. The molecule has 0 unspecified atom stereocenters. The maximum atomic E-state index is 13.1. The van der Waals surface area contributed by atoms with Crippen molar-refractivity contribution in [1.82, 2.24) is 4.98 Å². The number of hydrogen-bond acceptors (Lipinski definition) is 2. The Bertz CT molecular complexity index is 656. The minimum atomic E-state index is -4.49. The molecule has 0 bridgehead atoms. The minimum absolute atomic E-state index is 0.0719. The Hall–Kier alpha value is -1.82. The Kier molecular flexibility index (Phi) is 4.37. The lowest BCUT2D eigenvalue weighted by molar-refractivity contribution is -0.137. The summed E-state index contributed by atoms with van der Waals surface area (Å²) in [5.41, 5.74) is -0.446. The Balaban J connectivity index is 2.56. The third kappa shape index (κ3) is 3.64. The van der Waals surface area contributed by atoms with Crippen LogP contribution in [0.3, 0.4) is 0 Å². The molecule has 0 saturated heterocycles. The van der Waals surface area contributed by atoms with Crippen LogP contribution in [-0.4, -0.2) is 11.5 Å². The average molecular weight is 319 g/mol. The highest BCUT2D eigenvalue weighted by atomic mass is 35.5. The van der Waals surface area contributed by atoms with E-state index in [0.717, 1.165) is 18.2 Å². The zero-order valence-electron chi connectivity index (χ0n) is 10.9. The van der Waals surface area contributed by atoms with Crippen molar-refractivity contribution in [3.8, 4) is 11.3 Å². The molecule has 1 aromatic heterocycles. The van der Waals surface area contributed by atoms with Gasteiger partial charge in [0, 0.05) is 12.1 Å². The van der Waals surface area contributed by atoms with Gasteiger partial charge >= 0.3 is 6.18 Å². The summed E-state index contributed by atoms with van der Waals surface area (Å²) >= 11 is 5.65. The van der Waals surface area contributed by atoms with Crippen molar-refractivity contribution in [2.45, 2.75) is 13.1 Å². The molecule has 1 N–H and O–H groups in total. The summed E-state index contributed by atoms with van der Waals surface area (Å²) in [6.45, 7) is 2.17. The first-order chi connectivity index (χ1) is 9.81. The van der Waals surface area contributed by atoms with Gasteiger partial charge in [0.1, 0.15) is 11.6 Å². The highest BCUT2D eigenvalue weighted by Crippen LogP contribution is 2.34. The van der Waals surface area contributed by atoms with Crippen LogP contribution in [0.5, 0.6) is 0 Å². The SMILES string of the molecule is CCNc1cc(C(F)(F)F)cc(-c2ccc(F)c(Cl)c2)n1. The molecule has 7 heteroatoms. The second kappa shape index (κ2) is 5.89. The van der Waals surface area contributed by atoms with Gasteiger partial charge in [0.05, 0.1) is 16.3 Å². The van der Waals surface area contributed by atoms with Crippen molar-refractivity contribution in [3.05, 3.63) is 46.7 Å². The molecular formula is C14H11ClF4N2. The van der Waals surface area contributed by atoms with E-state index in [4.69, 9.17) is 11.6 Å². The molecule has 2 nitrogen and oxygen atoms in total. The van der Waals surface area contributed by atoms with E-state index in [9.17, 15) is 17.6 Å². The van der Waals surface area contributed by atoms with Crippen molar-refractivity contribution in [2.75, 3.05) is 11.9 Å². The summed E-state index contributed by atoms with van der Waals surface area (Å²) in [6, 6.07) is 5.50. The predicted octanol–water partition coefficient (Wildman–Crippen LogP) is 4.99. The quantitative estimate of drug-likeness (QED) is 0.806. The normalized spacial score (nSPS) is 11.5. The zero-order chi connectivity index (χ0) is 15.6. The van der Waals surface area contributed by atoms with Crippen LogP contribution in [0.15, 0.2) is 30.3 Å². The van der Waals surface area contributed by atoms with Gasteiger partial charge in [-0.1, -0.05) is 11.6 Å². The van der Waals surface area contributed by atoms with Crippen molar-refractivity contribution in [2.24, 2.45) is 0 Å². The lowest BCUT2D eigenvalue weighted by Crippen LogP contribution is -2.08. The van der Waals surface area contributed by atoms with Crippen LogP contribution in [-0.2, 0) is 6.18 Å². The molecule has 0 atom stereocenters. The van der Waals surface area contributed by atoms with Crippen LogP contribution < -0.4 is 5.32 Å². The van der Waals surface area contributed by atoms with Gasteiger partial charge in [-0.15, -0.1) is 0 Å². The van der Waals surface area contributed by atoms with E-state index in [2.05, 4.69) is 10.3 Å². The monoisotopic (exact) mass is 318 g/mol. The molecule has 0 amide bonds. The number of nitrogens with one attached hydrogen (secondary N) is 1. The number of rotatable bonds is 3. The van der Waals surface area contributed by atoms with E-state index in [1.807, 2.05) is 0 Å². The first-order valence-corrected chi connectivity index (χ1v) is 6.47. The molecule has 21 heavy (non-hydrogen) atoms. The molecule has 1 aromatic carbocycles. The fourth-order valence-corrected chi connectivity index (χ4v) is 1.95. The molecular weight excluding hydrogens is 308 g/mol. The summed E-state index contributed by atoms with van der Waals surface area (Å²) in [5.74, 6) is -0.540. The van der Waals surface area contributed by atoms with Gasteiger partial charge in [-0.3, -0.25) is 0 Å². The van der Waals surface area contributed by atoms with Gasteiger partial charge in [0.15, 0.2) is 0 Å². The van der Waals surface area contributed by atoms with E-state index in [-0.39, 0.29) is 16.5 Å². The Labute approximate surface area is 123 Å². The maximum absolute atomic E-state index is 13.1. The Morgan fingerprint density at radius 2 is 1.90 bits per heavy atom. The van der Waals surface area contributed by atoms with Crippen LogP contribution in [0.4, 0.5) is 23.4 Å². The van der Waals surface area contributed by atoms with Crippen LogP contribution in [0.2, 0.25) is 5.02 Å². The van der Waals surface area contributed by atoms with Gasteiger partial charge in [-0.05, 0) is 37.3 Å². The average Bonchev–Trinajstić information content (AvgIpc) is 2.41. The van der Waals surface area contributed by atoms with Crippen LogP contribution in [0, 0.1) is 5.82 Å². The van der Waals surface area contributed by atoms with Crippen LogP contribution >= 0.6 is 11.6 Å². The lowest BCUT2D eigenvalue weighted by Gasteiger charge is -2.12. The third-order valence-corrected chi connectivity index (χ3v) is 3.02. The molecule has 0 aliphatic rings. The van der Waals surface area contributed by atoms with Gasteiger partial charge in [-0.25, -0.2) is 9.37 Å². The number of halogens is 5. The molecule has 1 heterocycles. The van der Waals surface area contributed by atoms with Gasteiger partial charge in [-0.2, -0.15) is 13.2 Å². The van der Waals surface area contributed by atoms with E-state index in [0.29, 0.717) is 12.1 Å². The predicted molar refractivity (Wildman–Crippen MR) is 73.8 cm³/mol. The van der Waals surface area contributed by atoms with E-state index in [1.54, 1.807) is 6.92 Å². The number of hydrogen-bond donors (Lipinski definition) is 1. The zero-order valence-corrected chi connectivity index (χ0v) is 11.7. The minimum Gasteiger partial charge on any atom is -0.370 e. The number of pyridine rings is 1. The summed E-state index contributed by atoms with van der Waals surface area (Å²) in [5, 5.41) is 2.57. The van der Waals surface area contributed by atoms with Crippen molar-refractivity contribution in [3.63, 3.8) is 0 Å².